The van der Waals surface area contributed by atoms with E-state index in [0.29, 0.717) is 31.7 Å². The second-order valence-electron chi connectivity index (χ2n) is 7.94. The van der Waals surface area contributed by atoms with E-state index in [9.17, 15) is 9.59 Å². The van der Waals surface area contributed by atoms with E-state index >= 15 is 0 Å². The van der Waals surface area contributed by atoms with Gasteiger partial charge in [0.2, 0.25) is 5.91 Å². The van der Waals surface area contributed by atoms with Gasteiger partial charge in [0.15, 0.2) is 10.7 Å². The molecule has 0 radical (unpaired) electrons. The zero-order valence-corrected chi connectivity index (χ0v) is 17.9. The predicted octanol–water partition coefficient (Wildman–Crippen LogP) is 1.75. The van der Waals surface area contributed by atoms with Crippen molar-refractivity contribution in [2.75, 3.05) is 32.7 Å². The normalized spacial score (nSPS) is 22.8. The van der Waals surface area contributed by atoms with Crippen LogP contribution in [0.25, 0.3) is 4.96 Å². The molecule has 0 saturated carbocycles. The fourth-order valence-corrected chi connectivity index (χ4v) is 4.94. The van der Waals surface area contributed by atoms with Crippen molar-refractivity contribution in [1.82, 2.24) is 24.5 Å². The summed E-state index contributed by atoms with van der Waals surface area (Å²) in [5, 5.41) is 5.42. The zero-order valence-electron chi connectivity index (χ0n) is 17.1. The Balaban J connectivity index is 1.39. The molecule has 0 aromatic carbocycles. The number of thiazole rings is 1. The molecule has 0 aliphatic carbocycles. The van der Waals surface area contributed by atoms with Gasteiger partial charge in [-0.15, -0.1) is 11.3 Å². The number of aromatic nitrogens is 2. The molecule has 2 aliphatic heterocycles. The fraction of sp³-hybridized carbons (Fsp3) is 0.650. The van der Waals surface area contributed by atoms with Crippen molar-refractivity contribution in [3.63, 3.8) is 0 Å². The summed E-state index contributed by atoms with van der Waals surface area (Å²) in [5.41, 5.74) is 1.43. The Morgan fingerprint density at radius 3 is 2.86 bits per heavy atom. The third kappa shape index (κ3) is 4.46. The van der Waals surface area contributed by atoms with E-state index in [2.05, 4.69) is 10.3 Å². The largest absolute Gasteiger partial charge is 0.372 e. The van der Waals surface area contributed by atoms with Crippen LogP contribution in [0.5, 0.6) is 0 Å². The number of amides is 2. The molecule has 4 rings (SSSR count). The van der Waals surface area contributed by atoms with E-state index in [1.807, 2.05) is 39.6 Å². The third-order valence-electron chi connectivity index (χ3n) is 5.52. The topological polar surface area (TPSA) is 79.2 Å². The van der Waals surface area contributed by atoms with Crippen LogP contribution in [-0.4, -0.2) is 75.9 Å². The standard InChI is InChI=1S/C20H29N5O3S/c1-14-12-24(13-15(2)28-14)19(27)18-16(25-9-10-29-20(25)22-18)11-21-6-4-8-23-7-3-5-17(23)26/h9-10,14-15,21H,3-8,11-13H2,1-2H3/t14-,15+. The minimum absolute atomic E-state index is 0.0256. The van der Waals surface area contributed by atoms with Gasteiger partial charge in [-0.25, -0.2) is 4.98 Å². The lowest BCUT2D eigenvalue weighted by Crippen LogP contribution is -2.48. The molecule has 2 fully saturated rings. The van der Waals surface area contributed by atoms with Crippen molar-refractivity contribution in [3.8, 4) is 0 Å². The Hall–Kier alpha value is -1.97. The van der Waals surface area contributed by atoms with Crippen molar-refractivity contribution in [3.05, 3.63) is 23.0 Å². The van der Waals surface area contributed by atoms with Crippen LogP contribution < -0.4 is 5.32 Å². The van der Waals surface area contributed by atoms with Gasteiger partial charge in [-0.3, -0.25) is 14.0 Å². The van der Waals surface area contributed by atoms with Gasteiger partial charge in [-0.05, 0) is 33.2 Å². The van der Waals surface area contributed by atoms with Crippen molar-refractivity contribution in [1.29, 1.82) is 0 Å². The van der Waals surface area contributed by atoms with E-state index in [0.717, 1.165) is 43.1 Å². The number of carbonyl (C=O) groups excluding carboxylic acids is 2. The Labute approximate surface area is 174 Å². The second kappa shape index (κ2) is 8.81. The average Bonchev–Trinajstić information content (AvgIpc) is 3.37. The first-order valence-electron chi connectivity index (χ1n) is 10.4. The molecule has 2 saturated heterocycles. The Morgan fingerprint density at radius 1 is 1.34 bits per heavy atom. The SMILES string of the molecule is C[C@@H]1CN(C(=O)c2nc3sccn3c2CNCCCN2CCCC2=O)C[C@H](C)O1. The zero-order chi connectivity index (χ0) is 20.4. The summed E-state index contributed by atoms with van der Waals surface area (Å²) in [4.78, 5) is 34.2. The molecular weight excluding hydrogens is 390 g/mol. The van der Waals surface area contributed by atoms with Gasteiger partial charge in [-0.2, -0.15) is 0 Å². The summed E-state index contributed by atoms with van der Waals surface area (Å²) in [6.45, 7) is 8.21. The van der Waals surface area contributed by atoms with Crippen molar-refractivity contribution < 1.29 is 14.3 Å². The lowest BCUT2D eigenvalue weighted by atomic mass is 10.2. The number of fused-ring (bicyclic) bond motifs is 1. The highest BCUT2D eigenvalue weighted by atomic mass is 32.1. The second-order valence-corrected chi connectivity index (χ2v) is 8.82. The number of rotatable bonds is 7. The van der Waals surface area contributed by atoms with E-state index < -0.39 is 0 Å². The predicted molar refractivity (Wildman–Crippen MR) is 111 cm³/mol. The maximum atomic E-state index is 13.2. The van der Waals surface area contributed by atoms with Gasteiger partial charge < -0.3 is 19.9 Å². The number of likely N-dealkylation sites (tertiary alicyclic amines) is 1. The first-order chi connectivity index (χ1) is 14.0. The van der Waals surface area contributed by atoms with Gasteiger partial charge in [-0.1, -0.05) is 0 Å². The molecule has 0 unspecified atom stereocenters. The Kier molecular flexibility index (Phi) is 6.17. The molecule has 158 valence electrons. The summed E-state index contributed by atoms with van der Waals surface area (Å²) in [6.07, 6.45) is 4.59. The van der Waals surface area contributed by atoms with Crippen molar-refractivity contribution in [2.45, 2.75) is 51.9 Å². The minimum atomic E-state index is -0.0256. The number of nitrogens with zero attached hydrogens (tertiary/aromatic N) is 4. The van der Waals surface area contributed by atoms with E-state index in [-0.39, 0.29) is 24.0 Å². The highest BCUT2D eigenvalue weighted by molar-refractivity contribution is 7.15. The Bertz CT molecular complexity index is 869. The molecule has 2 aliphatic rings. The quantitative estimate of drug-likeness (QED) is 0.692. The fourth-order valence-electron chi connectivity index (χ4n) is 4.21. The van der Waals surface area contributed by atoms with Crippen LogP contribution in [0.4, 0.5) is 0 Å². The van der Waals surface area contributed by atoms with Crippen LogP contribution in [0.15, 0.2) is 11.6 Å². The van der Waals surface area contributed by atoms with Crippen LogP contribution in [0, 0.1) is 0 Å². The number of ether oxygens (including phenoxy) is 1. The first kappa shape index (κ1) is 20.3. The van der Waals surface area contributed by atoms with Gasteiger partial charge in [0, 0.05) is 50.7 Å². The smallest absolute Gasteiger partial charge is 0.274 e. The van der Waals surface area contributed by atoms with Crippen LogP contribution in [0.3, 0.4) is 0 Å². The van der Waals surface area contributed by atoms with Gasteiger partial charge in [0.25, 0.3) is 5.91 Å². The molecule has 2 aromatic heterocycles. The maximum absolute atomic E-state index is 13.2. The molecule has 0 spiro atoms. The van der Waals surface area contributed by atoms with Crippen LogP contribution in [0.1, 0.15) is 49.3 Å². The number of hydrogen-bond donors (Lipinski definition) is 1. The molecular formula is C20H29N5O3S. The summed E-state index contributed by atoms with van der Waals surface area (Å²) >= 11 is 1.53. The molecule has 8 nitrogen and oxygen atoms in total. The third-order valence-corrected chi connectivity index (χ3v) is 6.27. The minimum Gasteiger partial charge on any atom is -0.372 e. The highest BCUT2D eigenvalue weighted by Gasteiger charge is 2.30. The lowest BCUT2D eigenvalue weighted by molar-refractivity contribution is -0.127. The van der Waals surface area contributed by atoms with E-state index in [4.69, 9.17) is 4.74 Å². The van der Waals surface area contributed by atoms with E-state index in [1.165, 1.54) is 11.3 Å². The summed E-state index contributed by atoms with van der Waals surface area (Å²) in [6, 6.07) is 0. The van der Waals surface area contributed by atoms with Gasteiger partial charge >= 0.3 is 0 Å². The van der Waals surface area contributed by atoms with Crippen molar-refractivity contribution >= 4 is 28.1 Å². The van der Waals surface area contributed by atoms with E-state index in [1.54, 1.807) is 0 Å². The number of morpholine rings is 1. The summed E-state index contributed by atoms with van der Waals surface area (Å²) < 4.78 is 7.76. The molecule has 1 N–H and O–H groups in total. The number of hydrogen-bond acceptors (Lipinski definition) is 6. The van der Waals surface area contributed by atoms with Gasteiger partial charge in [0.1, 0.15) is 0 Å². The average molecular weight is 420 g/mol. The molecule has 29 heavy (non-hydrogen) atoms. The molecule has 2 aromatic rings. The maximum Gasteiger partial charge on any atom is 0.274 e. The Morgan fingerprint density at radius 2 is 2.14 bits per heavy atom. The monoisotopic (exact) mass is 419 g/mol. The number of imidazole rings is 1. The molecule has 4 heterocycles. The molecule has 0 bridgehead atoms. The van der Waals surface area contributed by atoms with Crippen molar-refractivity contribution in [2.24, 2.45) is 0 Å². The summed E-state index contributed by atoms with van der Waals surface area (Å²) in [7, 11) is 0. The number of nitrogens with one attached hydrogen (secondary N) is 1. The van der Waals surface area contributed by atoms with Gasteiger partial charge in [0.05, 0.1) is 17.9 Å². The summed E-state index contributed by atoms with van der Waals surface area (Å²) in [5.74, 6) is 0.241. The lowest BCUT2D eigenvalue weighted by Gasteiger charge is -2.35. The van der Waals surface area contributed by atoms with Crippen LogP contribution >= 0.6 is 11.3 Å². The molecule has 9 heteroatoms. The molecule has 2 atom stereocenters. The number of carbonyl (C=O) groups is 2. The molecule has 2 amide bonds. The first-order valence-corrected chi connectivity index (χ1v) is 11.3. The van der Waals surface area contributed by atoms with Crippen LogP contribution in [-0.2, 0) is 16.1 Å². The van der Waals surface area contributed by atoms with Crippen LogP contribution in [0.2, 0.25) is 0 Å². The highest BCUT2D eigenvalue weighted by Crippen LogP contribution is 2.21.